The maximum atomic E-state index is 11.5. The van der Waals surface area contributed by atoms with E-state index in [2.05, 4.69) is 0 Å². The monoisotopic (exact) mass is 234 g/mol. The lowest BCUT2D eigenvalue weighted by molar-refractivity contribution is -0.162. The number of carbonyl (C=O) groups is 2. The summed E-state index contributed by atoms with van der Waals surface area (Å²) in [6.07, 6.45) is 0.362. The molecule has 1 rings (SSSR count). The summed E-state index contributed by atoms with van der Waals surface area (Å²) in [6.45, 7) is 3.71. The first-order valence-corrected chi connectivity index (χ1v) is 5.50. The van der Waals surface area contributed by atoms with E-state index in [4.69, 9.17) is 21.4 Å². The summed E-state index contributed by atoms with van der Waals surface area (Å²) >= 11 is 5.70. The fraction of sp³-hybridized carbons (Fsp3) is 0.800. The molecule has 1 aliphatic rings. The van der Waals surface area contributed by atoms with Crippen LogP contribution in [0.25, 0.3) is 0 Å². The highest BCUT2D eigenvalue weighted by Gasteiger charge is 2.41. The van der Waals surface area contributed by atoms with Crippen molar-refractivity contribution < 1.29 is 19.4 Å². The van der Waals surface area contributed by atoms with Gasteiger partial charge < -0.3 is 9.84 Å². The van der Waals surface area contributed by atoms with Crippen LogP contribution in [0.1, 0.15) is 20.3 Å². The fourth-order valence-corrected chi connectivity index (χ4v) is 2.13. The third-order valence-corrected chi connectivity index (χ3v) is 3.36. The van der Waals surface area contributed by atoms with Gasteiger partial charge in [-0.05, 0) is 25.2 Å². The smallest absolute Gasteiger partial charge is 0.320 e. The molecule has 0 aliphatic carbocycles. The van der Waals surface area contributed by atoms with Crippen molar-refractivity contribution in [3.63, 3.8) is 0 Å². The maximum absolute atomic E-state index is 11.5. The highest BCUT2D eigenvalue weighted by Crippen LogP contribution is 2.30. The molecule has 0 aromatic heterocycles. The van der Waals surface area contributed by atoms with Crippen molar-refractivity contribution in [2.45, 2.75) is 26.4 Å². The second-order valence-electron chi connectivity index (χ2n) is 4.09. The molecule has 4 atom stereocenters. The van der Waals surface area contributed by atoms with E-state index in [0.717, 1.165) is 0 Å². The van der Waals surface area contributed by atoms with Crippen molar-refractivity contribution in [1.29, 1.82) is 0 Å². The van der Waals surface area contributed by atoms with Gasteiger partial charge in [-0.3, -0.25) is 9.59 Å². The van der Waals surface area contributed by atoms with E-state index in [1.807, 2.05) is 6.92 Å². The second kappa shape index (κ2) is 4.84. The van der Waals surface area contributed by atoms with Crippen molar-refractivity contribution in [3.8, 4) is 0 Å². The summed E-state index contributed by atoms with van der Waals surface area (Å²) in [5, 5.41) is 8.95. The molecule has 1 heterocycles. The number of ether oxygens (including phenoxy) is 1. The molecular weight excluding hydrogens is 220 g/mol. The lowest BCUT2D eigenvalue weighted by Crippen LogP contribution is -2.32. The van der Waals surface area contributed by atoms with Crippen LogP contribution in [0.4, 0.5) is 0 Å². The number of alkyl halides is 1. The van der Waals surface area contributed by atoms with E-state index in [1.54, 1.807) is 6.92 Å². The molecular formula is C10H15ClO4. The van der Waals surface area contributed by atoms with Gasteiger partial charge in [0.2, 0.25) is 0 Å². The molecule has 1 aliphatic heterocycles. The molecule has 1 N–H and O–H groups in total. The van der Waals surface area contributed by atoms with Gasteiger partial charge in [0.05, 0.1) is 0 Å². The summed E-state index contributed by atoms with van der Waals surface area (Å²) in [7, 11) is 0. The number of halogens is 1. The Kier molecular flexibility index (Phi) is 3.97. The first-order chi connectivity index (χ1) is 6.97. The zero-order valence-corrected chi connectivity index (χ0v) is 9.53. The molecule has 4 nitrogen and oxygen atoms in total. The summed E-state index contributed by atoms with van der Waals surface area (Å²) in [5.74, 6) is -2.95. The Bertz CT molecular complexity index is 266. The van der Waals surface area contributed by atoms with Crippen LogP contribution in [0.3, 0.4) is 0 Å². The van der Waals surface area contributed by atoms with E-state index < -0.39 is 17.9 Å². The Labute approximate surface area is 93.6 Å². The molecule has 1 saturated heterocycles. The molecule has 4 unspecified atom stereocenters. The quantitative estimate of drug-likeness (QED) is 0.447. The maximum Gasteiger partial charge on any atom is 0.320 e. The van der Waals surface area contributed by atoms with Crippen molar-refractivity contribution in [1.82, 2.24) is 0 Å². The van der Waals surface area contributed by atoms with Crippen LogP contribution in [0.5, 0.6) is 0 Å². The standard InChI is InChI=1S/C10H15ClO4/c1-5-3-7(4-11)8(9(12)13)10(14)15-6(5)2/h5-8H,3-4H2,1-2H3,(H,12,13). The van der Waals surface area contributed by atoms with Crippen molar-refractivity contribution in [3.05, 3.63) is 0 Å². The molecule has 1 fully saturated rings. The molecule has 15 heavy (non-hydrogen) atoms. The van der Waals surface area contributed by atoms with Gasteiger partial charge in [0.1, 0.15) is 6.10 Å². The van der Waals surface area contributed by atoms with Crippen LogP contribution in [0.2, 0.25) is 0 Å². The van der Waals surface area contributed by atoms with Gasteiger partial charge in [0.15, 0.2) is 5.92 Å². The summed E-state index contributed by atoms with van der Waals surface area (Å²) < 4.78 is 5.05. The topological polar surface area (TPSA) is 63.6 Å². The number of rotatable bonds is 2. The predicted molar refractivity (Wildman–Crippen MR) is 54.7 cm³/mol. The van der Waals surface area contributed by atoms with Crippen LogP contribution in [-0.4, -0.2) is 29.0 Å². The van der Waals surface area contributed by atoms with Gasteiger partial charge in [-0.2, -0.15) is 0 Å². The normalized spacial score (nSPS) is 36.9. The lowest BCUT2D eigenvalue weighted by Gasteiger charge is -2.17. The van der Waals surface area contributed by atoms with Gasteiger partial charge in [0, 0.05) is 5.88 Å². The Morgan fingerprint density at radius 1 is 1.60 bits per heavy atom. The third kappa shape index (κ3) is 2.62. The van der Waals surface area contributed by atoms with Gasteiger partial charge >= 0.3 is 11.9 Å². The Balaban J connectivity index is 2.92. The minimum Gasteiger partial charge on any atom is -0.481 e. The SMILES string of the molecule is CC1CC(CCl)C(C(=O)O)C(=O)OC1C. The molecule has 0 spiro atoms. The van der Waals surface area contributed by atoms with Gasteiger partial charge in [-0.1, -0.05) is 6.92 Å². The van der Waals surface area contributed by atoms with E-state index >= 15 is 0 Å². The number of carboxylic acid groups (broad SMARTS) is 1. The van der Waals surface area contributed by atoms with Crippen molar-refractivity contribution >= 4 is 23.5 Å². The number of hydrogen-bond acceptors (Lipinski definition) is 3. The number of esters is 1. The van der Waals surface area contributed by atoms with E-state index in [0.29, 0.717) is 6.42 Å². The Morgan fingerprint density at radius 2 is 2.20 bits per heavy atom. The molecule has 86 valence electrons. The number of aliphatic carboxylic acids is 1. The number of hydrogen-bond donors (Lipinski definition) is 1. The lowest BCUT2D eigenvalue weighted by atomic mass is 9.86. The van der Waals surface area contributed by atoms with Gasteiger partial charge in [0.25, 0.3) is 0 Å². The summed E-state index contributed by atoms with van der Waals surface area (Å²) in [4.78, 5) is 22.5. The highest BCUT2D eigenvalue weighted by molar-refractivity contribution is 6.18. The van der Waals surface area contributed by atoms with Gasteiger partial charge in [-0.15, -0.1) is 11.6 Å². The van der Waals surface area contributed by atoms with Crippen LogP contribution in [-0.2, 0) is 14.3 Å². The molecule has 0 aromatic carbocycles. The Morgan fingerprint density at radius 3 is 2.67 bits per heavy atom. The number of carbonyl (C=O) groups excluding carboxylic acids is 1. The summed E-state index contributed by atoms with van der Waals surface area (Å²) in [5.41, 5.74) is 0. The first kappa shape index (κ1) is 12.3. The largest absolute Gasteiger partial charge is 0.481 e. The second-order valence-corrected chi connectivity index (χ2v) is 4.39. The van der Waals surface area contributed by atoms with Crippen molar-refractivity contribution in [2.75, 3.05) is 5.88 Å². The Hall–Kier alpha value is -0.770. The van der Waals surface area contributed by atoms with Crippen LogP contribution in [0, 0.1) is 17.8 Å². The zero-order valence-electron chi connectivity index (χ0n) is 8.77. The molecule has 5 heteroatoms. The average molecular weight is 235 g/mol. The fourth-order valence-electron chi connectivity index (χ4n) is 1.82. The first-order valence-electron chi connectivity index (χ1n) is 4.96. The molecule has 0 saturated carbocycles. The molecule has 0 bridgehead atoms. The highest BCUT2D eigenvalue weighted by atomic mass is 35.5. The molecule has 0 radical (unpaired) electrons. The minimum atomic E-state index is -1.15. The van der Waals surface area contributed by atoms with Crippen LogP contribution < -0.4 is 0 Å². The van der Waals surface area contributed by atoms with E-state index in [1.165, 1.54) is 0 Å². The van der Waals surface area contributed by atoms with E-state index in [9.17, 15) is 9.59 Å². The van der Waals surface area contributed by atoms with Crippen molar-refractivity contribution in [2.24, 2.45) is 17.8 Å². The van der Waals surface area contributed by atoms with Crippen LogP contribution >= 0.6 is 11.6 Å². The molecule has 0 aromatic rings. The zero-order chi connectivity index (χ0) is 11.6. The number of cyclic esters (lactones) is 1. The molecule has 0 amide bonds. The number of carboxylic acids is 1. The van der Waals surface area contributed by atoms with Crippen LogP contribution in [0.15, 0.2) is 0 Å². The third-order valence-electron chi connectivity index (χ3n) is 2.97. The summed E-state index contributed by atoms with van der Waals surface area (Å²) in [6, 6.07) is 0. The van der Waals surface area contributed by atoms with E-state index in [-0.39, 0.29) is 23.8 Å². The van der Waals surface area contributed by atoms with Gasteiger partial charge in [-0.25, -0.2) is 0 Å². The average Bonchev–Trinajstić information content (AvgIpc) is 2.24. The predicted octanol–water partition coefficient (Wildman–Crippen LogP) is 1.51. The minimum absolute atomic E-state index is 0.141.